The number of likely N-dealkylation sites (tertiary alicyclic amines) is 1. The average molecular weight is 354 g/mol. The van der Waals surface area contributed by atoms with Gasteiger partial charge in [-0.2, -0.15) is 0 Å². The van der Waals surface area contributed by atoms with Crippen LogP contribution in [0.5, 0.6) is 0 Å². The average Bonchev–Trinajstić information content (AvgIpc) is 2.72. The molecule has 0 aromatic heterocycles. The van der Waals surface area contributed by atoms with E-state index in [1.54, 1.807) is 0 Å². The molecule has 2 amide bonds. The van der Waals surface area contributed by atoms with Crippen molar-refractivity contribution in [2.45, 2.75) is 44.9 Å². The summed E-state index contributed by atoms with van der Waals surface area (Å²) in [6, 6.07) is 10.1. The molecule has 0 bridgehead atoms. The molecule has 3 rings (SSSR count). The maximum atomic E-state index is 12.4. The van der Waals surface area contributed by atoms with E-state index in [0.29, 0.717) is 25.4 Å². The van der Waals surface area contributed by atoms with Crippen LogP contribution in [0.15, 0.2) is 42.5 Å². The quantitative estimate of drug-likeness (QED) is 0.797. The first-order valence-corrected chi connectivity index (χ1v) is 9.97. The van der Waals surface area contributed by atoms with E-state index < -0.39 is 0 Å². The highest BCUT2D eigenvalue weighted by Gasteiger charge is 2.27. The fourth-order valence-corrected chi connectivity index (χ4v) is 3.88. The van der Waals surface area contributed by atoms with Crippen LogP contribution in [0.2, 0.25) is 0 Å². The van der Waals surface area contributed by atoms with Gasteiger partial charge in [0.15, 0.2) is 0 Å². The second-order valence-corrected chi connectivity index (χ2v) is 7.54. The standard InChI is InChI=1S/C22H30N2O2/c25-21(12-11-18-7-3-1-4-8-18)24-15-13-20(14-16-24)22(26)23-17-19-9-5-2-6-10-19/h1-5,7-8,19-20H,6,9-17H2,(H,23,26). The second-order valence-electron chi connectivity index (χ2n) is 7.54. The molecule has 1 aliphatic heterocycles. The molecule has 1 aliphatic carbocycles. The van der Waals surface area contributed by atoms with Gasteiger partial charge in [-0.15, -0.1) is 0 Å². The summed E-state index contributed by atoms with van der Waals surface area (Å²) in [4.78, 5) is 26.7. The second kappa shape index (κ2) is 9.56. The van der Waals surface area contributed by atoms with E-state index in [1.165, 1.54) is 12.0 Å². The van der Waals surface area contributed by atoms with Gasteiger partial charge in [-0.05, 0) is 50.0 Å². The first-order valence-electron chi connectivity index (χ1n) is 9.97. The summed E-state index contributed by atoms with van der Waals surface area (Å²) in [5.74, 6) is 1.04. The van der Waals surface area contributed by atoms with Crippen molar-refractivity contribution in [1.82, 2.24) is 10.2 Å². The molecule has 1 heterocycles. The van der Waals surface area contributed by atoms with Gasteiger partial charge in [0.2, 0.25) is 11.8 Å². The summed E-state index contributed by atoms with van der Waals surface area (Å²) in [7, 11) is 0. The molecule has 1 atom stereocenters. The highest BCUT2D eigenvalue weighted by molar-refractivity contribution is 5.80. The van der Waals surface area contributed by atoms with Crippen molar-refractivity contribution in [2.75, 3.05) is 19.6 Å². The van der Waals surface area contributed by atoms with E-state index in [9.17, 15) is 9.59 Å². The maximum absolute atomic E-state index is 12.4. The van der Waals surface area contributed by atoms with Crippen molar-refractivity contribution in [3.8, 4) is 0 Å². The van der Waals surface area contributed by atoms with Gasteiger partial charge in [-0.25, -0.2) is 0 Å². The first-order chi connectivity index (χ1) is 12.7. The molecule has 1 fully saturated rings. The fraction of sp³-hybridized carbons (Fsp3) is 0.545. The number of benzene rings is 1. The Morgan fingerprint density at radius 1 is 1.04 bits per heavy atom. The topological polar surface area (TPSA) is 49.4 Å². The van der Waals surface area contributed by atoms with Crippen LogP contribution < -0.4 is 5.32 Å². The third-order valence-electron chi connectivity index (χ3n) is 5.63. The van der Waals surface area contributed by atoms with Crippen LogP contribution in [-0.2, 0) is 16.0 Å². The smallest absolute Gasteiger partial charge is 0.223 e. The SMILES string of the molecule is O=C(NCC1CC=CCC1)C1CCN(C(=O)CCc2ccccc2)CC1. The molecular formula is C22H30N2O2. The van der Waals surface area contributed by atoms with Gasteiger partial charge in [-0.1, -0.05) is 42.5 Å². The van der Waals surface area contributed by atoms with Crippen LogP contribution >= 0.6 is 0 Å². The van der Waals surface area contributed by atoms with Gasteiger partial charge in [0, 0.05) is 32.0 Å². The molecular weight excluding hydrogens is 324 g/mol. The molecule has 1 aromatic carbocycles. The summed E-state index contributed by atoms with van der Waals surface area (Å²) >= 11 is 0. The Morgan fingerprint density at radius 2 is 1.81 bits per heavy atom. The first kappa shape index (κ1) is 18.7. The minimum Gasteiger partial charge on any atom is -0.356 e. The number of amides is 2. The molecule has 0 spiro atoms. The lowest BCUT2D eigenvalue weighted by molar-refractivity contribution is -0.135. The molecule has 140 valence electrons. The van der Waals surface area contributed by atoms with E-state index in [2.05, 4.69) is 29.6 Å². The Morgan fingerprint density at radius 3 is 2.50 bits per heavy atom. The highest BCUT2D eigenvalue weighted by Crippen LogP contribution is 2.20. The van der Waals surface area contributed by atoms with Gasteiger partial charge >= 0.3 is 0 Å². The molecule has 4 heteroatoms. The van der Waals surface area contributed by atoms with Gasteiger partial charge in [0.05, 0.1) is 0 Å². The normalized spacial score (nSPS) is 20.8. The molecule has 4 nitrogen and oxygen atoms in total. The molecule has 1 unspecified atom stereocenters. The number of hydrogen-bond donors (Lipinski definition) is 1. The summed E-state index contributed by atoms with van der Waals surface area (Å²) in [5, 5.41) is 3.14. The number of hydrogen-bond acceptors (Lipinski definition) is 2. The Bertz CT molecular complexity index is 618. The van der Waals surface area contributed by atoms with Gasteiger partial charge in [-0.3, -0.25) is 9.59 Å². The predicted molar refractivity (Wildman–Crippen MR) is 104 cm³/mol. The molecule has 1 saturated heterocycles. The van der Waals surface area contributed by atoms with Crippen LogP contribution in [-0.4, -0.2) is 36.3 Å². The van der Waals surface area contributed by atoms with E-state index >= 15 is 0 Å². The number of nitrogens with one attached hydrogen (secondary N) is 1. The number of aryl methyl sites for hydroxylation is 1. The molecule has 1 aromatic rings. The number of allylic oxidation sites excluding steroid dienone is 2. The zero-order chi connectivity index (χ0) is 18.2. The molecule has 0 radical (unpaired) electrons. The Kier molecular flexibility index (Phi) is 6.87. The van der Waals surface area contributed by atoms with Crippen molar-refractivity contribution in [3.63, 3.8) is 0 Å². The molecule has 0 saturated carbocycles. The van der Waals surface area contributed by atoms with Crippen LogP contribution in [0.25, 0.3) is 0 Å². The van der Waals surface area contributed by atoms with Crippen molar-refractivity contribution in [3.05, 3.63) is 48.0 Å². The highest BCUT2D eigenvalue weighted by atomic mass is 16.2. The van der Waals surface area contributed by atoms with Crippen LogP contribution in [0.4, 0.5) is 0 Å². The number of carbonyl (C=O) groups is 2. The predicted octanol–water partition coefficient (Wildman–Crippen LogP) is 3.33. The monoisotopic (exact) mass is 354 g/mol. The third-order valence-corrected chi connectivity index (χ3v) is 5.63. The van der Waals surface area contributed by atoms with Gasteiger partial charge < -0.3 is 10.2 Å². The van der Waals surface area contributed by atoms with E-state index in [4.69, 9.17) is 0 Å². The fourth-order valence-electron chi connectivity index (χ4n) is 3.88. The lowest BCUT2D eigenvalue weighted by atomic mass is 9.93. The lowest BCUT2D eigenvalue weighted by Gasteiger charge is -2.32. The van der Waals surface area contributed by atoms with E-state index in [-0.39, 0.29) is 17.7 Å². The Labute approximate surface area is 156 Å². The zero-order valence-electron chi connectivity index (χ0n) is 15.5. The molecule has 1 N–H and O–H groups in total. The number of carbonyl (C=O) groups excluding carboxylic acids is 2. The number of rotatable bonds is 6. The third kappa shape index (κ3) is 5.45. The Hall–Kier alpha value is -2.10. The maximum Gasteiger partial charge on any atom is 0.223 e. The van der Waals surface area contributed by atoms with Crippen molar-refractivity contribution in [2.24, 2.45) is 11.8 Å². The van der Waals surface area contributed by atoms with Crippen molar-refractivity contribution < 1.29 is 9.59 Å². The van der Waals surface area contributed by atoms with Crippen molar-refractivity contribution in [1.29, 1.82) is 0 Å². The summed E-state index contributed by atoms with van der Waals surface area (Å²) < 4.78 is 0. The zero-order valence-corrected chi connectivity index (χ0v) is 15.5. The summed E-state index contributed by atoms with van der Waals surface area (Å²) in [6.07, 6.45) is 10.7. The minimum atomic E-state index is 0.0623. The van der Waals surface area contributed by atoms with Crippen LogP contribution in [0.1, 0.15) is 44.1 Å². The molecule has 2 aliphatic rings. The van der Waals surface area contributed by atoms with Crippen molar-refractivity contribution >= 4 is 11.8 Å². The summed E-state index contributed by atoms with van der Waals surface area (Å²) in [5.41, 5.74) is 1.20. The van der Waals surface area contributed by atoms with Gasteiger partial charge in [0.1, 0.15) is 0 Å². The van der Waals surface area contributed by atoms with E-state index in [1.807, 2.05) is 23.1 Å². The van der Waals surface area contributed by atoms with Crippen LogP contribution in [0, 0.1) is 11.8 Å². The van der Waals surface area contributed by atoms with Crippen LogP contribution in [0.3, 0.4) is 0 Å². The largest absolute Gasteiger partial charge is 0.356 e. The Balaban J connectivity index is 1.35. The molecule has 26 heavy (non-hydrogen) atoms. The minimum absolute atomic E-state index is 0.0623. The van der Waals surface area contributed by atoms with Gasteiger partial charge in [0.25, 0.3) is 0 Å². The number of piperidine rings is 1. The number of nitrogens with zero attached hydrogens (tertiary/aromatic N) is 1. The summed E-state index contributed by atoms with van der Waals surface area (Å²) in [6.45, 7) is 2.20. The van der Waals surface area contributed by atoms with E-state index in [0.717, 1.165) is 38.6 Å². The lowest BCUT2D eigenvalue weighted by Crippen LogP contribution is -2.43.